The van der Waals surface area contributed by atoms with Gasteiger partial charge in [0.05, 0.1) is 28.9 Å². The highest BCUT2D eigenvalue weighted by Gasteiger charge is 2.46. The van der Waals surface area contributed by atoms with Crippen LogP contribution in [0.4, 0.5) is 5.69 Å². The monoisotopic (exact) mass is 380 g/mol. The van der Waals surface area contributed by atoms with Crippen molar-refractivity contribution in [1.29, 1.82) is 0 Å². The molecule has 1 fully saturated rings. The minimum absolute atomic E-state index is 0.255. The Bertz CT molecular complexity index is 758. The van der Waals surface area contributed by atoms with Crippen molar-refractivity contribution in [2.75, 3.05) is 30.4 Å². The topological polar surface area (TPSA) is 49.9 Å². The van der Waals surface area contributed by atoms with E-state index in [2.05, 4.69) is 29.7 Å². The van der Waals surface area contributed by atoms with E-state index in [4.69, 9.17) is 4.74 Å². The van der Waals surface area contributed by atoms with Crippen molar-refractivity contribution in [2.24, 2.45) is 0 Å². The highest BCUT2D eigenvalue weighted by molar-refractivity contribution is 7.92. The summed E-state index contributed by atoms with van der Waals surface area (Å²) in [6, 6.07) is 8.45. The van der Waals surface area contributed by atoms with Gasteiger partial charge in [0.1, 0.15) is 11.4 Å². The van der Waals surface area contributed by atoms with E-state index < -0.39 is 14.6 Å². The number of para-hydroxylation sites is 2. The third-order valence-corrected chi connectivity index (χ3v) is 8.89. The van der Waals surface area contributed by atoms with Gasteiger partial charge < -0.3 is 9.64 Å². The maximum Gasteiger partial charge on any atom is 0.155 e. The largest absolute Gasteiger partial charge is 0.483 e. The fourth-order valence-electron chi connectivity index (χ4n) is 3.82. The van der Waals surface area contributed by atoms with E-state index in [1.807, 2.05) is 39.0 Å². The molecule has 0 aromatic heterocycles. The second-order valence-corrected chi connectivity index (χ2v) is 11.4. The third-order valence-electron chi connectivity index (χ3n) is 6.09. The molecule has 1 atom stereocenters. The Balaban J connectivity index is 1.66. The van der Waals surface area contributed by atoms with Crippen LogP contribution in [0.15, 0.2) is 24.3 Å². The standard InChI is InChI=1S/C20H32N2O3S/c1-6-19(2,3)26(23,24)13-9-12-21-14-18-20(4,5)25-17-11-8-7-10-16(17)22(18)15-21/h7-8,10-11,18H,6,9,12-15H2,1-5H3. The lowest BCUT2D eigenvalue weighted by atomic mass is 9.95. The van der Waals surface area contributed by atoms with Gasteiger partial charge >= 0.3 is 0 Å². The Morgan fingerprint density at radius 3 is 2.65 bits per heavy atom. The van der Waals surface area contributed by atoms with Crippen LogP contribution in [0, 0.1) is 0 Å². The van der Waals surface area contributed by atoms with Gasteiger partial charge in [0.2, 0.25) is 0 Å². The normalized spacial score (nSPS) is 22.7. The van der Waals surface area contributed by atoms with Crippen LogP contribution in [-0.2, 0) is 9.84 Å². The van der Waals surface area contributed by atoms with Gasteiger partial charge in [-0.05, 0) is 52.7 Å². The zero-order valence-corrected chi connectivity index (χ0v) is 17.5. The number of nitrogens with zero attached hydrogens (tertiary/aromatic N) is 2. The first kappa shape index (κ1) is 19.5. The maximum atomic E-state index is 12.5. The fourth-order valence-corrected chi connectivity index (χ4v) is 5.32. The smallest absolute Gasteiger partial charge is 0.155 e. The first-order chi connectivity index (χ1) is 12.1. The third kappa shape index (κ3) is 3.46. The number of fused-ring (bicyclic) bond motifs is 3. The molecule has 1 unspecified atom stereocenters. The maximum absolute atomic E-state index is 12.5. The number of hydrogen-bond donors (Lipinski definition) is 0. The molecule has 0 spiro atoms. The van der Waals surface area contributed by atoms with Gasteiger partial charge in [-0.2, -0.15) is 0 Å². The summed E-state index contributed by atoms with van der Waals surface area (Å²) < 4.78 is 30.7. The van der Waals surface area contributed by atoms with Gasteiger partial charge in [-0.3, -0.25) is 4.90 Å². The summed E-state index contributed by atoms with van der Waals surface area (Å²) in [5, 5.41) is 0. The van der Waals surface area contributed by atoms with Crippen LogP contribution in [0.1, 0.15) is 47.5 Å². The van der Waals surface area contributed by atoms with Crippen molar-refractivity contribution in [2.45, 2.75) is 63.9 Å². The summed E-state index contributed by atoms with van der Waals surface area (Å²) >= 11 is 0. The molecule has 0 radical (unpaired) electrons. The second kappa shape index (κ2) is 6.71. The van der Waals surface area contributed by atoms with Crippen molar-refractivity contribution < 1.29 is 13.2 Å². The second-order valence-electron chi connectivity index (χ2n) is 8.66. The van der Waals surface area contributed by atoms with E-state index in [1.165, 1.54) is 0 Å². The van der Waals surface area contributed by atoms with Crippen molar-refractivity contribution in [3.8, 4) is 5.75 Å². The molecule has 3 rings (SSSR count). The molecule has 1 aromatic rings. The summed E-state index contributed by atoms with van der Waals surface area (Å²) in [5.74, 6) is 1.19. The van der Waals surface area contributed by atoms with Crippen LogP contribution in [0.3, 0.4) is 0 Å². The van der Waals surface area contributed by atoms with Crippen molar-refractivity contribution in [3.05, 3.63) is 24.3 Å². The molecule has 2 heterocycles. The molecule has 146 valence electrons. The van der Waals surface area contributed by atoms with Gasteiger partial charge in [0, 0.05) is 13.1 Å². The van der Waals surface area contributed by atoms with Crippen LogP contribution in [0.25, 0.3) is 0 Å². The Morgan fingerprint density at radius 2 is 1.96 bits per heavy atom. The zero-order chi connectivity index (χ0) is 19.2. The van der Waals surface area contributed by atoms with Crippen molar-refractivity contribution >= 4 is 15.5 Å². The number of rotatable bonds is 6. The summed E-state index contributed by atoms with van der Waals surface area (Å²) in [7, 11) is -3.06. The number of benzene rings is 1. The summed E-state index contributed by atoms with van der Waals surface area (Å²) in [6.07, 6.45) is 1.33. The van der Waals surface area contributed by atoms with Crippen molar-refractivity contribution in [1.82, 2.24) is 4.90 Å². The quantitative estimate of drug-likeness (QED) is 0.758. The highest BCUT2D eigenvalue weighted by atomic mass is 32.2. The molecule has 2 aliphatic rings. The lowest BCUT2D eigenvalue weighted by molar-refractivity contribution is 0.0706. The molecule has 1 saturated heterocycles. The van der Waals surface area contributed by atoms with Gasteiger partial charge in [-0.25, -0.2) is 8.42 Å². The molecule has 0 amide bonds. The molecule has 1 aromatic carbocycles. The Labute approximate surface area is 158 Å². The first-order valence-electron chi connectivity index (χ1n) is 9.57. The summed E-state index contributed by atoms with van der Waals surface area (Å²) in [6.45, 7) is 12.4. The number of ether oxygens (including phenoxy) is 1. The Hall–Kier alpha value is -1.27. The summed E-state index contributed by atoms with van der Waals surface area (Å²) in [5.41, 5.74) is 0.874. The molecule has 5 nitrogen and oxygen atoms in total. The van der Waals surface area contributed by atoms with E-state index in [0.717, 1.165) is 31.2 Å². The highest BCUT2D eigenvalue weighted by Crippen LogP contribution is 2.42. The molecule has 0 N–H and O–H groups in total. The molecule has 2 aliphatic heterocycles. The summed E-state index contributed by atoms with van der Waals surface area (Å²) in [4.78, 5) is 4.76. The average molecular weight is 381 g/mol. The molecule has 0 saturated carbocycles. The lowest BCUT2D eigenvalue weighted by Gasteiger charge is -2.43. The SMILES string of the molecule is CCC(C)(C)S(=O)(=O)CCCN1CC2N(C1)c1ccccc1OC2(C)C. The van der Waals surface area contributed by atoms with E-state index >= 15 is 0 Å². The minimum Gasteiger partial charge on any atom is -0.483 e. The number of hydrogen-bond acceptors (Lipinski definition) is 5. The zero-order valence-electron chi connectivity index (χ0n) is 16.7. The van der Waals surface area contributed by atoms with Crippen LogP contribution in [0.5, 0.6) is 5.75 Å². The predicted octanol–water partition coefficient (Wildman–Crippen LogP) is 3.30. The van der Waals surface area contributed by atoms with Crippen LogP contribution < -0.4 is 9.64 Å². The molecule has 26 heavy (non-hydrogen) atoms. The minimum atomic E-state index is -3.06. The lowest BCUT2D eigenvalue weighted by Crippen LogP contribution is -2.54. The van der Waals surface area contributed by atoms with Crippen LogP contribution >= 0.6 is 0 Å². The van der Waals surface area contributed by atoms with Crippen LogP contribution in [0.2, 0.25) is 0 Å². The number of anilines is 1. The van der Waals surface area contributed by atoms with E-state index in [-0.39, 0.29) is 17.4 Å². The van der Waals surface area contributed by atoms with Gasteiger partial charge in [0.25, 0.3) is 0 Å². The van der Waals surface area contributed by atoms with Crippen LogP contribution in [-0.4, -0.2) is 55.2 Å². The molecular weight excluding hydrogens is 348 g/mol. The van der Waals surface area contributed by atoms with Crippen molar-refractivity contribution in [3.63, 3.8) is 0 Å². The van der Waals surface area contributed by atoms with Gasteiger partial charge in [0.15, 0.2) is 9.84 Å². The predicted molar refractivity (Wildman–Crippen MR) is 107 cm³/mol. The first-order valence-corrected chi connectivity index (χ1v) is 11.2. The molecule has 6 heteroatoms. The van der Waals surface area contributed by atoms with Gasteiger partial charge in [-0.1, -0.05) is 19.1 Å². The van der Waals surface area contributed by atoms with E-state index in [0.29, 0.717) is 12.8 Å². The molecule has 0 aliphatic carbocycles. The fraction of sp³-hybridized carbons (Fsp3) is 0.700. The van der Waals surface area contributed by atoms with E-state index in [1.54, 1.807) is 0 Å². The Morgan fingerprint density at radius 1 is 1.27 bits per heavy atom. The average Bonchev–Trinajstić information content (AvgIpc) is 3.00. The molecule has 0 bridgehead atoms. The Kier molecular flexibility index (Phi) is 5.03. The van der Waals surface area contributed by atoms with Gasteiger partial charge in [-0.15, -0.1) is 0 Å². The molecular formula is C20H32N2O3S. The van der Waals surface area contributed by atoms with E-state index in [9.17, 15) is 8.42 Å². The number of sulfone groups is 1.